The first kappa shape index (κ1) is 27.1. The summed E-state index contributed by atoms with van der Waals surface area (Å²) < 4.78 is 115. The Hall–Kier alpha value is 0.1000. The Morgan fingerprint density at radius 3 is 1.44 bits per heavy atom. The lowest BCUT2D eigenvalue weighted by molar-refractivity contribution is -0.397. The van der Waals surface area contributed by atoms with E-state index in [9.17, 15) is 39.5 Å². The lowest BCUT2D eigenvalue weighted by atomic mass is 9.91. The van der Waals surface area contributed by atoms with Crippen LogP contribution < -0.4 is 0 Å². The fourth-order valence-electron chi connectivity index (χ4n) is 2.70. The van der Waals surface area contributed by atoms with E-state index in [1.54, 1.807) is 0 Å². The Morgan fingerprint density at radius 1 is 0.630 bits per heavy atom. The molecule has 0 N–H and O–H groups in total. The van der Waals surface area contributed by atoms with Crippen molar-refractivity contribution in [2.24, 2.45) is 0 Å². The molecule has 0 bridgehead atoms. The summed E-state index contributed by atoms with van der Waals surface area (Å²) in [5, 5.41) is 0. The number of rotatable bonds is 13. The molecular weight excluding hydrogens is 502 g/mol. The average molecular weight is 528 g/mol. The van der Waals surface area contributed by atoms with Gasteiger partial charge in [0, 0.05) is 9.84 Å². The van der Waals surface area contributed by atoms with Crippen LogP contribution in [0.3, 0.4) is 0 Å². The monoisotopic (exact) mass is 528 g/mol. The molecule has 0 nitrogen and oxygen atoms in total. The molecular formula is C17H26F9I. The number of hydrogen-bond donors (Lipinski definition) is 0. The fourth-order valence-corrected chi connectivity index (χ4v) is 3.56. The van der Waals surface area contributed by atoms with Crippen LogP contribution in [0, 0.1) is 0 Å². The van der Waals surface area contributed by atoms with E-state index in [-0.39, 0.29) is 6.42 Å². The highest BCUT2D eigenvalue weighted by molar-refractivity contribution is 14.1. The molecule has 0 fully saturated rings. The molecule has 0 aromatic carbocycles. The van der Waals surface area contributed by atoms with Gasteiger partial charge in [-0.1, -0.05) is 87.8 Å². The molecule has 0 heterocycles. The predicted molar refractivity (Wildman–Crippen MR) is 95.2 cm³/mol. The van der Waals surface area contributed by atoms with Gasteiger partial charge in [-0.25, -0.2) is 0 Å². The van der Waals surface area contributed by atoms with Gasteiger partial charge in [0.05, 0.1) is 0 Å². The van der Waals surface area contributed by atoms with Crippen molar-refractivity contribution < 1.29 is 39.5 Å². The maximum Gasteiger partial charge on any atom is 0.460 e. The topological polar surface area (TPSA) is 0 Å². The average Bonchev–Trinajstić information content (AvgIpc) is 2.47. The van der Waals surface area contributed by atoms with E-state index in [4.69, 9.17) is 0 Å². The number of alkyl halides is 10. The molecule has 1 unspecified atom stereocenters. The SMILES string of the molecule is CCCCCCCCCCC(C)(I)CC(F)(F)C(F)(F)C(F)(F)C(F)(F)F. The molecule has 0 radical (unpaired) electrons. The first-order valence-corrected chi connectivity index (χ1v) is 9.99. The molecule has 0 spiro atoms. The van der Waals surface area contributed by atoms with E-state index >= 15 is 0 Å². The number of halogens is 10. The highest BCUT2D eigenvalue weighted by atomic mass is 127. The van der Waals surface area contributed by atoms with Crippen LogP contribution in [0.1, 0.15) is 78.1 Å². The molecule has 0 aromatic heterocycles. The maximum atomic E-state index is 13.7. The first-order chi connectivity index (χ1) is 12.0. The zero-order chi connectivity index (χ0) is 21.6. The molecule has 0 rings (SSSR count). The highest BCUT2D eigenvalue weighted by Gasteiger charge is 2.81. The van der Waals surface area contributed by atoms with E-state index in [1.807, 2.05) is 0 Å². The van der Waals surface area contributed by atoms with Crippen LogP contribution in [0.2, 0.25) is 0 Å². The van der Waals surface area contributed by atoms with Gasteiger partial charge in [0.25, 0.3) is 0 Å². The summed E-state index contributed by atoms with van der Waals surface area (Å²) in [6, 6.07) is 0. The van der Waals surface area contributed by atoms with Crippen molar-refractivity contribution in [1.29, 1.82) is 0 Å². The minimum absolute atomic E-state index is 0.0196. The van der Waals surface area contributed by atoms with Crippen molar-refractivity contribution in [1.82, 2.24) is 0 Å². The third-order valence-electron chi connectivity index (χ3n) is 4.35. The van der Waals surface area contributed by atoms with E-state index in [0.29, 0.717) is 12.8 Å². The van der Waals surface area contributed by atoms with Gasteiger partial charge in [-0.3, -0.25) is 0 Å². The lowest BCUT2D eigenvalue weighted by Crippen LogP contribution is -2.61. The Balaban J connectivity index is 4.68. The lowest BCUT2D eigenvalue weighted by Gasteiger charge is -2.37. The molecule has 1 atom stereocenters. The maximum absolute atomic E-state index is 13.7. The second-order valence-electron chi connectivity index (χ2n) is 7.17. The van der Waals surface area contributed by atoms with E-state index in [1.165, 1.54) is 22.6 Å². The van der Waals surface area contributed by atoms with Crippen LogP contribution in [0.4, 0.5) is 39.5 Å². The smallest absolute Gasteiger partial charge is 0.200 e. The molecule has 10 heteroatoms. The van der Waals surface area contributed by atoms with Crippen molar-refractivity contribution in [2.45, 2.75) is 105 Å². The quantitative estimate of drug-likeness (QED) is 0.0973. The van der Waals surface area contributed by atoms with Gasteiger partial charge in [0.15, 0.2) is 0 Å². The van der Waals surface area contributed by atoms with Gasteiger partial charge >= 0.3 is 23.9 Å². The van der Waals surface area contributed by atoms with Gasteiger partial charge in [0.2, 0.25) is 0 Å². The second kappa shape index (κ2) is 10.2. The highest BCUT2D eigenvalue weighted by Crippen LogP contribution is 2.56. The van der Waals surface area contributed by atoms with Gasteiger partial charge in [-0.05, 0) is 6.42 Å². The summed E-state index contributed by atoms with van der Waals surface area (Å²) in [6.45, 7) is 3.23. The molecule has 0 aliphatic rings. The van der Waals surface area contributed by atoms with Crippen LogP contribution in [-0.4, -0.2) is 27.4 Å². The van der Waals surface area contributed by atoms with E-state index in [2.05, 4.69) is 6.92 Å². The van der Waals surface area contributed by atoms with Gasteiger partial charge in [-0.2, -0.15) is 39.5 Å². The summed E-state index contributed by atoms with van der Waals surface area (Å²) in [5.74, 6) is -18.8. The molecule has 0 saturated heterocycles. The van der Waals surface area contributed by atoms with E-state index < -0.39 is 33.8 Å². The first-order valence-electron chi connectivity index (χ1n) is 8.91. The van der Waals surface area contributed by atoms with Crippen molar-refractivity contribution in [3.05, 3.63) is 0 Å². The van der Waals surface area contributed by atoms with Gasteiger partial charge in [-0.15, -0.1) is 0 Å². The number of unbranched alkanes of at least 4 members (excludes halogenated alkanes) is 7. The third kappa shape index (κ3) is 7.79. The molecule has 0 aliphatic carbocycles. The second-order valence-corrected chi connectivity index (χ2v) is 9.77. The van der Waals surface area contributed by atoms with Crippen LogP contribution in [0.15, 0.2) is 0 Å². The summed E-state index contributed by atoms with van der Waals surface area (Å²) in [7, 11) is 0. The van der Waals surface area contributed by atoms with Crippen LogP contribution in [0.25, 0.3) is 0 Å². The largest absolute Gasteiger partial charge is 0.460 e. The Kier molecular flexibility index (Phi) is 10.3. The van der Waals surface area contributed by atoms with E-state index in [0.717, 1.165) is 45.4 Å². The standard InChI is InChI=1S/C17H26F9I/c1-3-4-5-6-7-8-9-10-11-13(2,27)12-14(18,19)15(20,21)16(22,23)17(24,25)26/h3-12H2,1-2H3. The fraction of sp³-hybridized carbons (Fsp3) is 1.00. The molecule has 0 saturated carbocycles. The Morgan fingerprint density at radius 2 is 1.04 bits per heavy atom. The zero-order valence-electron chi connectivity index (χ0n) is 15.4. The molecule has 0 amide bonds. The van der Waals surface area contributed by atoms with Crippen LogP contribution in [-0.2, 0) is 0 Å². The van der Waals surface area contributed by atoms with Crippen LogP contribution in [0.5, 0.6) is 0 Å². The third-order valence-corrected chi connectivity index (χ3v) is 5.27. The molecule has 27 heavy (non-hydrogen) atoms. The normalized spacial score (nSPS) is 16.4. The van der Waals surface area contributed by atoms with Crippen molar-refractivity contribution in [3.8, 4) is 0 Å². The zero-order valence-corrected chi connectivity index (χ0v) is 17.5. The van der Waals surface area contributed by atoms with Crippen LogP contribution >= 0.6 is 22.6 Å². The van der Waals surface area contributed by atoms with Crippen molar-refractivity contribution in [3.63, 3.8) is 0 Å². The van der Waals surface area contributed by atoms with Crippen molar-refractivity contribution >= 4 is 22.6 Å². The van der Waals surface area contributed by atoms with Crippen molar-refractivity contribution in [2.75, 3.05) is 0 Å². The molecule has 164 valence electrons. The molecule has 0 aromatic rings. The summed E-state index contributed by atoms with van der Waals surface area (Å²) >= 11 is 1.43. The molecule has 0 aliphatic heterocycles. The summed E-state index contributed by atoms with van der Waals surface area (Å²) in [4.78, 5) is 0. The Labute approximate surface area is 167 Å². The predicted octanol–water partition coefficient (Wildman–Crippen LogP) is 8.57. The summed E-state index contributed by atoms with van der Waals surface area (Å²) in [5.41, 5.74) is 0. The van der Waals surface area contributed by atoms with Gasteiger partial charge in [0.1, 0.15) is 0 Å². The minimum atomic E-state index is -6.81. The van der Waals surface area contributed by atoms with Gasteiger partial charge < -0.3 is 0 Å². The number of hydrogen-bond acceptors (Lipinski definition) is 0. The summed E-state index contributed by atoms with van der Waals surface area (Å²) in [6.07, 6.45) is -1.32. The minimum Gasteiger partial charge on any atom is -0.200 e. The Bertz CT molecular complexity index is 431.